The second kappa shape index (κ2) is 14.6. The molecule has 0 aliphatic rings. The van der Waals surface area contributed by atoms with Crippen LogP contribution in [-0.2, 0) is 0 Å². The molecule has 1 heterocycles. The molecule has 0 spiro atoms. The molecule has 0 saturated carbocycles. The van der Waals surface area contributed by atoms with Gasteiger partial charge in [0, 0.05) is 33.5 Å². The predicted octanol–water partition coefficient (Wildman–Crippen LogP) is 17.4. The molecule has 0 atom stereocenters. The van der Waals surface area contributed by atoms with Crippen LogP contribution in [0.15, 0.2) is 243 Å². The number of rotatable bonds is 6. The molecule has 13 aromatic rings. The largest absolute Gasteiger partial charge is 0.310 e. The predicted molar refractivity (Wildman–Crippen MR) is 274 cm³/mol. The van der Waals surface area contributed by atoms with Crippen molar-refractivity contribution >= 4 is 92.7 Å². The average molecular weight is 813 g/mol. The van der Waals surface area contributed by atoms with Gasteiger partial charge in [-0.1, -0.05) is 170 Å². The highest BCUT2D eigenvalue weighted by molar-refractivity contribution is 6.19. The number of fused-ring (bicyclic) bond motifs is 10. The summed E-state index contributed by atoms with van der Waals surface area (Å²) in [5.41, 5.74) is 11.6. The Balaban J connectivity index is 1.00. The van der Waals surface area contributed by atoms with Gasteiger partial charge in [0.15, 0.2) is 0 Å². The first kappa shape index (κ1) is 36.2. The second-order valence-corrected chi connectivity index (χ2v) is 16.9. The van der Waals surface area contributed by atoms with E-state index in [1.807, 2.05) is 0 Å². The van der Waals surface area contributed by atoms with Gasteiger partial charge in [0.25, 0.3) is 0 Å². The van der Waals surface area contributed by atoms with Crippen molar-refractivity contribution < 1.29 is 0 Å². The summed E-state index contributed by atoms with van der Waals surface area (Å²) >= 11 is 0. The van der Waals surface area contributed by atoms with Gasteiger partial charge >= 0.3 is 0 Å². The lowest BCUT2D eigenvalue weighted by molar-refractivity contribution is 1.18. The lowest BCUT2D eigenvalue weighted by Gasteiger charge is -2.27. The number of aromatic nitrogens is 1. The lowest BCUT2D eigenvalue weighted by Crippen LogP contribution is -2.10. The molecule has 0 unspecified atom stereocenters. The van der Waals surface area contributed by atoms with Crippen LogP contribution < -0.4 is 4.90 Å². The van der Waals surface area contributed by atoms with Crippen molar-refractivity contribution in [3.63, 3.8) is 0 Å². The van der Waals surface area contributed by atoms with Crippen molar-refractivity contribution in [3.05, 3.63) is 243 Å². The Morgan fingerprint density at radius 3 is 1.67 bits per heavy atom. The van der Waals surface area contributed by atoms with Crippen molar-refractivity contribution in [1.82, 2.24) is 4.57 Å². The summed E-state index contributed by atoms with van der Waals surface area (Å²) in [6.45, 7) is 0. The van der Waals surface area contributed by atoms with Gasteiger partial charge in [-0.25, -0.2) is 0 Å². The number of hydrogen-bond donors (Lipinski definition) is 0. The third kappa shape index (κ3) is 5.81. The van der Waals surface area contributed by atoms with E-state index >= 15 is 0 Å². The Hall–Kier alpha value is -8.46. The fraction of sp³-hybridized carbons (Fsp3) is 0. The summed E-state index contributed by atoms with van der Waals surface area (Å²) in [5, 5.41) is 15.0. The number of nitrogens with zero attached hydrogens (tertiary/aromatic N) is 2. The molecule has 0 N–H and O–H groups in total. The van der Waals surface area contributed by atoms with Gasteiger partial charge in [0.05, 0.1) is 11.0 Å². The quantitative estimate of drug-likeness (QED) is 0.152. The van der Waals surface area contributed by atoms with Crippen molar-refractivity contribution in [2.45, 2.75) is 0 Å². The molecule has 12 aromatic carbocycles. The molecule has 2 heteroatoms. The molecule has 0 radical (unpaired) electrons. The highest BCUT2D eigenvalue weighted by Crippen LogP contribution is 2.44. The third-order valence-electron chi connectivity index (χ3n) is 13.3. The molecule has 0 amide bonds. The Morgan fingerprint density at radius 1 is 0.266 bits per heavy atom. The molecule has 0 saturated heterocycles. The van der Waals surface area contributed by atoms with Crippen LogP contribution >= 0.6 is 0 Å². The molecule has 0 bridgehead atoms. The smallest absolute Gasteiger partial charge is 0.0547 e. The zero-order valence-corrected chi connectivity index (χ0v) is 35.0. The molecule has 298 valence electrons. The minimum Gasteiger partial charge on any atom is -0.310 e. The second-order valence-electron chi connectivity index (χ2n) is 16.9. The maximum Gasteiger partial charge on any atom is 0.0547 e. The van der Waals surface area contributed by atoms with Crippen molar-refractivity contribution in [2.24, 2.45) is 0 Å². The van der Waals surface area contributed by atoms with E-state index in [2.05, 4.69) is 252 Å². The van der Waals surface area contributed by atoms with E-state index in [-0.39, 0.29) is 0 Å². The van der Waals surface area contributed by atoms with E-state index in [0.717, 1.165) is 22.7 Å². The van der Waals surface area contributed by atoms with Gasteiger partial charge < -0.3 is 9.47 Å². The maximum atomic E-state index is 2.43. The zero-order chi connectivity index (χ0) is 42.1. The topological polar surface area (TPSA) is 8.17 Å². The maximum absolute atomic E-state index is 2.43. The van der Waals surface area contributed by atoms with Gasteiger partial charge in [-0.15, -0.1) is 0 Å². The fourth-order valence-electron chi connectivity index (χ4n) is 10.3. The molecule has 0 fully saturated rings. The van der Waals surface area contributed by atoms with Crippen molar-refractivity contribution in [1.29, 1.82) is 0 Å². The van der Waals surface area contributed by atoms with E-state index in [9.17, 15) is 0 Å². The Morgan fingerprint density at radius 2 is 0.859 bits per heavy atom. The van der Waals surface area contributed by atoms with Crippen LogP contribution in [0, 0.1) is 0 Å². The highest BCUT2D eigenvalue weighted by atomic mass is 15.1. The van der Waals surface area contributed by atoms with Gasteiger partial charge in [-0.05, 0) is 149 Å². The number of hydrogen-bond acceptors (Lipinski definition) is 1. The summed E-state index contributed by atoms with van der Waals surface area (Å²) in [5.74, 6) is 0. The van der Waals surface area contributed by atoms with Crippen LogP contribution in [0.25, 0.3) is 104 Å². The van der Waals surface area contributed by atoms with Gasteiger partial charge in [-0.2, -0.15) is 0 Å². The van der Waals surface area contributed by atoms with Crippen molar-refractivity contribution in [3.8, 4) is 27.9 Å². The van der Waals surface area contributed by atoms with Crippen LogP contribution in [-0.4, -0.2) is 4.57 Å². The van der Waals surface area contributed by atoms with Crippen LogP contribution in [0.2, 0.25) is 0 Å². The summed E-state index contributed by atoms with van der Waals surface area (Å²) in [6.07, 6.45) is 0. The first-order valence-electron chi connectivity index (χ1n) is 22.1. The van der Waals surface area contributed by atoms with Crippen LogP contribution in [0.3, 0.4) is 0 Å². The monoisotopic (exact) mass is 812 g/mol. The SMILES string of the molecule is c1ccc(-n2c3cc4ccccc4cc3c3c(-c4cccc(N(c5ccc(-c6cc7ccccc7c7ccccc67)cc5)c5ccc6c(ccc7ccccc76)c5)c4)cccc32)cc1. The Kier molecular flexibility index (Phi) is 8.25. The normalized spacial score (nSPS) is 11.8. The van der Waals surface area contributed by atoms with E-state index < -0.39 is 0 Å². The first-order valence-corrected chi connectivity index (χ1v) is 22.1. The molecule has 1 aromatic heterocycles. The zero-order valence-electron chi connectivity index (χ0n) is 35.0. The Labute approximate surface area is 371 Å². The van der Waals surface area contributed by atoms with Crippen LogP contribution in [0.5, 0.6) is 0 Å². The molecule has 64 heavy (non-hydrogen) atoms. The van der Waals surface area contributed by atoms with Gasteiger partial charge in [-0.3, -0.25) is 0 Å². The molecular formula is C62H40N2. The van der Waals surface area contributed by atoms with E-state index in [1.54, 1.807) is 0 Å². The van der Waals surface area contributed by atoms with Gasteiger partial charge in [0.1, 0.15) is 0 Å². The summed E-state index contributed by atoms with van der Waals surface area (Å²) in [4.78, 5) is 2.42. The number of para-hydroxylation sites is 1. The number of anilines is 3. The number of benzene rings is 12. The highest BCUT2D eigenvalue weighted by Gasteiger charge is 2.20. The minimum absolute atomic E-state index is 1.09. The summed E-state index contributed by atoms with van der Waals surface area (Å²) in [7, 11) is 0. The Bertz CT molecular complexity index is 3950. The molecule has 0 aliphatic carbocycles. The molecule has 2 nitrogen and oxygen atoms in total. The van der Waals surface area contributed by atoms with Crippen LogP contribution in [0.4, 0.5) is 17.1 Å². The minimum atomic E-state index is 1.09. The van der Waals surface area contributed by atoms with Crippen LogP contribution in [0.1, 0.15) is 0 Å². The molecule has 0 aliphatic heterocycles. The van der Waals surface area contributed by atoms with E-state index in [1.165, 1.54) is 97.9 Å². The fourth-order valence-corrected chi connectivity index (χ4v) is 10.3. The molecule has 13 rings (SSSR count). The average Bonchev–Trinajstić information content (AvgIpc) is 3.69. The summed E-state index contributed by atoms with van der Waals surface area (Å²) in [6, 6.07) is 89.2. The molecular weight excluding hydrogens is 773 g/mol. The van der Waals surface area contributed by atoms with E-state index in [0.29, 0.717) is 0 Å². The van der Waals surface area contributed by atoms with Gasteiger partial charge in [0.2, 0.25) is 0 Å². The lowest BCUT2D eigenvalue weighted by atomic mass is 9.93. The van der Waals surface area contributed by atoms with E-state index in [4.69, 9.17) is 0 Å². The first-order chi connectivity index (χ1) is 31.7. The van der Waals surface area contributed by atoms with Crippen molar-refractivity contribution in [2.75, 3.05) is 4.90 Å². The standard InChI is InChI=1S/C62H40N2/c1-2-19-48(20-3-1)64-60-27-13-26-55(62(60)59-38-43-15-4-5-16-44(43)40-61(59)64)45-18-12-21-50(36-45)63(51-34-35-54-47(37-51)29-28-41-14-6-8-22-52(41)54)49-32-30-42(31-33-49)58-39-46-17-7-9-23-53(46)56-24-10-11-25-57(56)58/h1-40H. The third-order valence-corrected chi connectivity index (χ3v) is 13.3. The summed E-state index contributed by atoms with van der Waals surface area (Å²) < 4.78 is 2.43.